The van der Waals surface area contributed by atoms with Gasteiger partial charge in [0.1, 0.15) is 0 Å². The van der Waals surface area contributed by atoms with E-state index in [1.807, 2.05) is 0 Å². The molecule has 0 radical (unpaired) electrons. The van der Waals surface area contributed by atoms with Gasteiger partial charge < -0.3 is 9.16 Å². The number of hydrogen-bond donors (Lipinski definition) is 0. The van der Waals surface area contributed by atoms with E-state index >= 15 is 0 Å². The summed E-state index contributed by atoms with van der Waals surface area (Å²) in [6.07, 6.45) is 3.98. The molecule has 0 amide bonds. The Morgan fingerprint density at radius 2 is 1.44 bits per heavy atom. The first kappa shape index (κ1) is 18.4. The topological polar surface area (TPSA) is 21.8 Å². The molecule has 0 aliphatic carbocycles. The summed E-state index contributed by atoms with van der Waals surface area (Å²) in [7, 11) is -2.34. The van der Waals surface area contributed by atoms with Crippen molar-refractivity contribution < 1.29 is 9.16 Å². The Labute approximate surface area is 153 Å². The zero-order chi connectivity index (χ0) is 17.8. The maximum Gasteiger partial charge on any atom is 0.261 e. The second-order valence-electron chi connectivity index (χ2n) is 7.96. The van der Waals surface area contributed by atoms with Crippen molar-refractivity contribution in [3.63, 3.8) is 0 Å². The highest BCUT2D eigenvalue weighted by atomic mass is 28.4. The molecule has 1 atom stereocenters. The van der Waals surface area contributed by atoms with Crippen molar-refractivity contribution in [1.29, 1.82) is 0 Å². The van der Waals surface area contributed by atoms with Gasteiger partial charge in [-0.2, -0.15) is 0 Å². The van der Waals surface area contributed by atoms with Gasteiger partial charge in [0.2, 0.25) is 0 Å². The first-order valence-electron chi connectivity index (χ1n) is 9.41. The van der Waals surface area contributed by atoms with Gasteiger partial charge in [-0.25, -0.2) is 0 Å². The van der Waals surface area contributed by atoms with Gasteiger partial charge in [-0.05, 0) is 34.7 Å². The molecule has 2 aromatic rings. The second kappa shape index (κ2) is 7.86. The highest BCUT2D eigenvalue weighted by Gasteiger charge is 2.49. The van der Waals surface area contributed by atoms with Gasteiger partial charge in [-0.1, -0.05) is 81.4 Å². The summed E-state index contributed by atoms with van der Waals surface area (Å²) < 4.78 is 12.2. The van der Waals surface area contributed by atoms with Crippen LogP contribution in [0.3, 0.4) is 0 Å². The maximum atomic E-state index is 6.87. The lowest BCUT2D eigenvalue weighted by Gasteiger charge is -2.43. The lowest BCUT2D eigenvalue weighted by Crippen LogP contribution is -2.66. The number of rotatable bonds is 8. The molecule has 25 heavy (non-hydrogen) atoms. The lowest BCUT2D eigenvalue weighted by molar-refractivity contribution is 0.283. The zero-order valence-corrected chi connectivity index (χ0v) is 16.7. The van der Waals surface area contributed by atoms with E-state index < -0.39 is 8.32 Å². The molecule has 3 rings (SSSR count). The van der Waals surface area contributed by atoms with E-state index in [1.54, 1.807) is 0 Å². The summed E-state index contributed by atoms with van der Waals surface area (Å²) in [6.45, 7) is 8.77. The molecule has 1 aliphatic rings. The van der Waals surface area contributed by atoms with Gasteiger partial charge in [-0.3, -0.25) is 0 Å². The van der Waals surface area contributed by atoms with Gasteiger partial charge in [-0.15, -0.1) is 0 Å². The second-order valence-corrected chi connectivity index (χ2v) is 12.3. The highest BCUT2D eigenvalue weighted by Crippen LogP contribution is 2.36. The van der Waals surface area contributed by atoms with Crippen LogP contribution in [-0.4, -0.2) is 27.6 Å². The zero-order valence-electron chi connectivity index (χ0n) is 15.7. The van der Waals surface area contributed by atoms with E-state index in [0.717, 1.165) is 19.6 Å². The Bertz CT molecular complexity index is 605. The van der Waals surface area contributed by atoms with Crippen LogP contribution in [-0.2, 0) is 9.16 Å². The van der Waals surface area contributed by atoms with Crippen LogP contribution in [0.25, 0.3) is 0 Å². The largest absolute Gasteiger partial charge is 0.407 e. The average molecular weight is 355 g/mol. The molecular weight excluding hydrogens is 324 g/mol. The van der Waals surface area contributed by atoms with E-state index in [0.29, 0.717) is 6.10 Å². The summed E-state index contributed by atoms with van der Waals surface area (Å²) in [5, 5.41) is 2.79. The molecule has 2 nitrogen and oxygen atoms in total. The van der Waals surface area contributed by atoms with Gasteiger partial charge in [0.15, 0.2) is 0 Å². The lowest BCUT2D eigenvalue weighted by atomic mass is 10.2. The molecule has 1 saturated heterocycles. The molecule has 0 spiro atoms. The fourth-order valence-electron chi connectivity index (χ4n) is 3.70. The molecule has 134 valence electrons. The smallest absolute Gasteiger partial charge is 0.261 e. The van der Waals surface area contributed by atoms with Gasteiger partial charge in [0.05, 0.1) is 12.7 Å². The highest BCUT2D eigenvalue weighted by molar-refractivity contribution is 6.99. The van der Waals surface area contributed by atoms with E-state index in [1.165, 1.54) is 23.2 Å². The van der Waals surface area contributed by atoms with Crippen LogP contribution in [0.1, 0.15) is 40.0 Å². The normalized spacial score (nSPS) is 17.5. The predicted octanol–water partition coefficient (Wildman–Crippen LogP) is 4.13. The molecule has 1 heterocycles. The number of benzene rings is 2. The minimum absolute atomic E-state index is 0.0648. The van der Waals surface area contributed by atoms with Crippen LogP contribution in [0.4, 0.5) is 0 Å². The number of unbranched alkanes of at least 4 members (excludes halogenated alkanes) is 1. The van der Waals surface area contributed by atoms with Crippen LogP contribution >= 0.6 is 0 Å². The minimum atomic E-state index is -2.34. The Kier molecular flexibility index (Phi) is 5.77. The van der Waals surface area contributed by atoms with Crippen LogP contribution in [0.5, 0.6) is 0 Å². The molecular formula is C22H30O2Si. The van der Waals surface area contributed by atoms with Crippen LogP contribution in [0, 0.1) is 0 Å². The van der Waals surface area contributed by atoms with Crippen LogP contribution in [0.2, 0.25) is 5.04 Å². The molecule has 3 heteroatoms. The van der Waals surface area contributed by atoms with E-state index in [4.69, 9.17) is 9.16 Å². The minimum Gasteiger partial charge on any atom is -0.407 e. The third-order valence-electron chi connectivity index (χ3n) is 5.06. The van der Waals surface area contributed by atoms with Crippen molar-refractivity contribution in [2.45, 2.75) is 51.2 Å². The van der Waals surface area contributed by atoms with Crippen LogP contribution in [0.15, 0.2) is 60.7 Å². The first-order valence-corrected chi connectivity index (χ1v) is 11.3. The third kappa shape index (κ3) is 4.22. The van der Waals surface area contributed by atoms with Crippen molar-refractivity contribution in [3.05, 3.63) is 60.7 Å². The standard InChI is InChI=1S/C22H30O2Si/c1-22(2,3)25(20-13-6-4-7-14-20,21-15-8-5-9-16-21)24-17-11-10-12-19-18-23-19/h4-9,13-16,19H,10-12,17-18H2,1-3H3/t19-/m1/s1. The fourth-order valence-corrected chi connectivity index (χ4v) is 8.30. The first-order chi connectivity index (χ1) is 12.0. The average Bonchev–Trinajstić information content (AvgIpc) is 3.43. The molecule has 0 unspecified atom stereocenters. The molecule has 1 fully saturated rings. The summed E-state index contributed by atoms with van der Waals surface area (Å²) in [6, 6.07) is 21.7. The van der Waals surface area contributed by atoms with Crippen molar-refractivity contribution in [2.24, 2.45) is 0 Å². The molecule has 1 aliphatic heterocycles. The van der Waals surface area contributed by atoms with Gasteiger partial charge in [0, 0.05) is 6.61 Å². The maximum absolute atomic E-state index is 6.87. The third-order valence-corrected chi connectivity index (χ3v) is 10.1. The van der Waals surface area contributed by atoms with E-state index in [2.05, 4.69) is 81.4 Å². The Morgan fingerprint density at radius 1 is 0.920 bits per heavy atom. The SMILES string of the molecule is CC(C)(C)[Si](OCCCC[C@@H]1CO1)(c1ccccc1)c1ccccc1. The number of hydrogen-bond acceptors (Lipinski definition) is 2. The molecule has 0 saturated carbocycles. The summed E-state index contributed by atoms with van der Waals surface area (Å²) in [5.41, 5.74) is 0. The molecule has 2 aromatic carbocycles. The fraction of sp³-hybridized carbons (Fsp3) is 0.455. The summed E-state index contributed by atoms with van der Waals surface area (Å²) >= 11 is 0. The van der Waals surface area contributed by atoms with E-state index in [9.17, 15) is 0 Å². The number of ether oxygens (including phenoxy) is 1. The Morgan fingerprint density at radius 3 is 1.88 bits per heavy atom. The van der Waals surface area contributed by atoms with Crippen molar-refractivity contribution in [1.82, 2.24) is 0 Å². The Hall–Kier alpha value is -1.42. The van der Waals surface area contributed by atoms with Crippen molar-refractivity contribution in [2.75, 3.05) is 13.2 Å². The van der Waals surface area contributed by atoms with Gasteiger partial charge in [0.25, 0.3) is 8.32 Å². The number of epoxide rings is 1. The molecule has 0 bridgehead atoms. The predicted molar refractivity (Wildman–Crippen MR) is 107 cm³/mol. The Balaban J connectivity index is 1.88. The quantitative estimate of drug-likeness (QED) is 0.404. The van der Waals surface area contributed by atoms with Crippen molar-refractivity contribution in [3.8, 4) is 0 Å². The van der Waals surface area contributed by atoms with E-state index in [-0.39, 0.29) is 5.04 Å². The monoisotopic (exact) mass is 354 g/mol. The van der Waals surface area contributed by atoms with Crippen LogP contribution < -0.4 is 10.4 Å². The molecule has 0 aromatic heterocycles. The molecule has 0 N–H and O–H groups in total. The summed E-state index contributed by atoms with van der Waals surface area (Å²) in [5.74, 6) is 0. The van der Waals surface area contributed by atoms with Crippen molar-refractivity contribution >= 4 is 18.7 Å². The van der Waals surface area contributed by atoms with Gasteiger partial charge >= 0.3 is 0 Å². The summed E-state index contributed by atoms with van der Waals surface area (Å²) in [4.78, 5) is 0.